The lowest BCUT2D eigenvalue weighted by molar-refractivity contribution is -0.154. The van der Waals surface area contributed by atoms with Gasteiger partial charge < -0.3 is 24.8 Å². The molecule has 2 amide bonds. The molecule has 0 bridgehead atoms. The highest BCUT2D eigenvalue weighted by molar-refractivity contribution is 5.91. The van der Waals surface area contributed by atoms with Crippen molar-refractivity contribution in [2.75, 3.05) is 19.6 Å². The van der Waals surface area contributed by atoms with Crippen molar-refractivity contribution in [1.82, 2.24) is 10.2 Å². The molecule has 2 aliphatic heterocycles. The van der Waals surface area contributed by atoms with Gasteiger partial charge in [-0.05, 0) is 41.9 Å². The number of carbonyl (C=O) groups is 2. The van der Waals surface area contributed by atoms with E-state index in [0.29, 0.717) is 44.2 Å². The molecular formula is C24H34N2O5. The summed E-state index contributed by atoms with van der Waals surface area (Å²) in [4.78, 5) is 26.2. The van der Waals surface area contributed by atoms with Crippen molar-refractivity contribution in [2.45, 2.75) is 59.0 Å². The number of allylic oxidation sites excluding steroid dienone is 1. The number of hydrogen-bond donors (Lipinski definition) is 2. The molecule has 0 saturated carbocycles. The summed E-state index contributed by atoms with van der Waals surface area (Å²) in [5.74, 6) is 0.832. The standard InChI is InChI=1S/C24H34N2O5/c1-17(2)20-13-21(24(29)25-10-4-12-26-11-3-5-22(26)28)31-23(14-20)30-16-19-8-6-18(15-27)7-9-19/h6-9,13,17,20,23,27H,3-5,10-12,14-16H2,1-2H3,(H,25,29)/t20-,23+/m0/s1. The van der Waals surface area contributed by atoms with E-state index in [1.54, 1.807) is 0 Å². The van der Waals surface area contributed by atoms with E-state index in [2.05, 4.69) is 19.2 Å². The zero-order valence-electron chi connectivity index (χ0n) is 18.5. The lowest BCUT2D eigenvalue weighted by Gasteiger charge is -2.31. The van der Waals surface area contributed by atoms with E-state index in [-0.39, 0.29) is 24.3 Å². The molecule has 1 aromatic carbocycles. The molecule has 1 saturated heterocycles. The fourth-order valence-corrected chi connectivity index (χ4v) is 3.84. The number of likely N-dealkylation sites (tertiary alicyclic amines) is 1. The summed E-state index contributed by atoms with van der Waals surface area (Å²) in [5, 5.41) is 12.1. The number of nitrogens with zero attached hydrogens (tertiary/aromatic N) is 1. The number of amides is 2. The highest BCUT2D eigenvalue weighted by Gasteiger charge is 2.29. The van der Waals surface area contributed by atoms with Crippen LogP contribution in [0.25, 0.3) is 0 Å². The largest absolute Gasteiger partial charge is 0.459 e. The Hall–Kier alpha value is -2.38. The molecule has 7 nitrogen and oxygen atoms in total. The SMILES string of the molecule is CC(C)[C@H]1C=C(C(=O)NCCCN2CCCC2=O)O[C@@H](OCc2ccc(CO)cc2)C1. The van der Waals surface area contributed by atoms with Gasteiger partial charge in [0, 0.05) is 32.5 Å². The number of benzene rings is 1. The zero-order valence-corrected chi connectivity index (χ0v) is 18.5. The first-order valence-electron chi connectivity index (χ1n) is 11.2. The number of carbonyl (C=O) groups excluding carboxylic acids is 2. The molecule has 0 radical (unpaired) electrons. The minimum absolute atomic E-state index is 0.0144. The Morgan fingerprint density at radius 2 is 2.03 bits per heavy atom. The quantitative estimate of drug-likeness (QED) is 0.557. The second kappa shape index (κ2) is 11.3. The molecule has 31 heavy (non-hydrogen) atoms. The van der Waals surface area contributed by atoms with Gasteiger partial charge in [0.1, 0.15) is 0 Å². The van der Waals surface area contributed by atoms with Gasteiger partial charge in [-0.2, -0.15) is 0 Å². The van der Waals surface area contributed by atoms with E-state index in [4.69, 9.17) is 14.6 Å². The van der Waals surface area contributed by atoms with Crippen molar-refractivity contribution in [3.05, 3.63) is 47.2 Å². The van der Waals surface area contributed by atoms with Crippen molar-refractivity contribution in [2.24, 2.45) is 11.8 Å². The maximum absolute atomic E-state index is 12.7. The smallest absolute Gasteiger partial charge is 0.286 e. The summed E-state index contributed by atoms with van der Waals surface area (Å²) in [6.07, 6.45) is 4.40. The summed E-state index contributed by atoms with van der Waals surface area (Å²) in [5.41, 5.74) is 1.84. The average molecular weight is 431 g/mol. The van der Waals surface area contributed by atoms with Crippen LogP contribution in [-0.4, -0.2) is 47.7 Å². The van der Waals surface area contributed by atoms with Crippen molar-refractivity contribution < 1.29 is 24.2 Å². The number of nitrogens with one attached hydrogen (secondary N) is 1. The van der Waals surface area contributed by atoms with Crippen LogP contribution in [0.1, 0.15) is 50.7 Å². The first kappa shape index (κ1) is 23.3. The van der Waals surface area contributed by atoms with Gasteiger partial charge in [-0.1, -0.05) is 38.1 Å². The second-order valence-corrected chi connectivity index (χ2v) is 8.60. The second-order valence-electron chi connectivity index (χ2n) is 8.60. The van der Waals surface area contributed by atoms with Crippen molar-refractivity contribution in [3.63, 3.8) is 0 Å². The van der Waals surface area contributed by atoms with Crippen LogP contribution in [-0.2, 0) is 32.3 Å². The first-order chi connectivity index (χ1) is 15.0. The van der Waals surface area contributed by atoms with Crippen LogP contribution in [0.4, 0.5) is 0 Å². The van der Waals surface area contributed by atoms with Gasteiger partial charge in [-0.3, -0.25) is 9.59 Å². The number of hydrogen-bond acceptors (Lipinski definition) is 5. The normalized spacial score (nSPS) is 21.2. The topological polar surface area (TPSA) is 88.1 Å². The molecule has 3 rings (SSSR count). The molecular weight excluding hydrogens is 396 g/mol. The van der Waals surface area contributed by atoms with Crippen LogP contribution in [0.3, 0.4) is 0 Å². The number of ether oxygens (including phenoxy) is 2. The Bertz CT molecular complexity index is 775. The lowest BCUT2D eigenvalue weighted by Crippen LogP contribution is -2.35. The van der Waals surface area contributed by atoms with Gasteiger partial charge >= 0.3 is 0 Å². The van der Waals surface area contributed by atoms with Gasteiger partial charge in [0.25, 0.3) is 5.91 Å². The van der Waals surface area contributed by atoms with Crippen LogP contribution < -0.4 is 5.32 Å². The molecule has 2 N–H and O–H groups in total. The molecule has 1 fully saturated rings. The van der Waals surface area contributed by atoms with Crippen LogP contribution >= 0.6 is 0 Å². The molecule has 0 aliphatic carbocycles. The first-order valence-corrected chi connectivity index (χ1v) is 11.2. The Kier molecular flexibility index (Phi) is 8.49. The highest BCUT2D eigenvalue weighted by Crippen LogP contribution is 2.29. The molecule has 0 spiro atoms. The van der Waals surface area contributed by atoms with E-state index >= 15 is 0 Å². The van der Waals surface area contributed by atoms with Crippen LogP contribution in [0.2, 0.25) is 0 Å². The minimum atomic E-state index is -0.488. The Labute approximate surface area is 184 Å². The third-order valence-corrected chi connectivity index (χ3v) is 5.87. The van der Waals surface area contributed by atoms with Gasteiger partial charge in [-0.15, -0.1) is 0 Å². The van der Waals surface area contributed by atoms with E-state index in [1.807, 2.05) is 35.2 Å². The minimum Gasteiger partial charge on any atom is -0.459 e. The Balaban J connectivity index is 1.49. The van der Waals surface area contributed by atoms with Crippen molar-refractivity contribution in [1.29, 1.82) is 0 Å². The molecule has 1 aromatic rings. The molecule has 2 heterocycles. The molecule has 0 unspecified atom stereocenters. The van der Waals surface area contributed by atoms with Crippen LogP contribution in [0.5, 0.6) is 0 Å². The maximum Gasteiger partial charge on any atom is 0.286 e. The summed E-state index contributed by atoms with van der Waals surface area (Å²) in [7, 11) is 0. The lowest BCUT2D eigenvalue weighted by atomic mass is 9.90. The van der Waals surface area contributed by atoms with E-state index in [9.17, 15) is 9.59 Å². The zero-order chi connectivity index (χ0) is 22.2. The monoisotopic (exact) mass is 430 g/mol. The molecule has 0 aromatic heterocycles. The predicted octanol–water partition coefficient (Wildman–Crippen LogP) is 2.73. The van der Waals surface area contributed by atoms with Gasteiger partial charge in [0.05, 0.1) is 13.2 Å². The summed E-state index contributed by atoms with van der Waals surface area (Å²) in [6.45, 7) is 6.63. The third-order valence-electron chi connectivity index (χ3n) is 5.87. The van der Waals surface area contributed by atoms with Crippen molar-refractivity contribution in [3.8, 4) is 0 Å². The number of aliphatic hydroxyl groups excluding tert-OH is 1. The maximum atomic E-state index is 12.7. The van der Waals surface area contributed by atoms with Crippen LogP contribution in [0, 0.1) is 11.8 Å². The van der Waals surface area contributed by atoms with E-state index < -0.39 is 6.29 Å². The molecule has 7 heteroatoms. The van der Waals surface area contributed by atoms with E-state index in [1.165, 1.54) is 0 Å². The summed E-state index contributed by atoms with van der Waals surface area (Å²) < 4.78 is 11.8. The predicted molar refractivity (Wildman–Crippen MR) is 116 cm³/mol. The fraction of sp³-hybridized carbons (Fsp3) is 0.583. The van der Waals surface area contributed by atoms with Crippen LogP contribution in [0.15, 0.2) is 36.1 Å². The van der Waals surface area contributed by atoms with Gasteiger partial charge in [0.15, 0.2) is 5.76 Å². The molecule has 2 aliphatic rings. The average Bonchev–Trinajstić information content (AvgIpc) is 3.19. The highest BCUT2D eigenvalue weighted by atomic mass is 16.7. The third kappa shape index (κ3) is 6.80. The molecule has 170 valence electrons. The van der Waals surface area contributed by atoms with Gasteiger partial charge in [-0.25, -0.2) is 0 Å². The van der Waals surface area contributed by atoms with Crippen molar-refractivity contribution >= 4 is 11.8 Å². The number of aliphatic hydroxyl groups is 1. The van der Waals surface area contributed by atoms with E-state index in [0.717, 1.165) is 30.5 Å². The Morgan fingerprint density at radius 3 is 2.68 bits per heavy atom. The summed E-state index contributed by atoms with van der Waals surface area (Å²) in [6, 6.07) is 7.57. The summed E-state index contributed by atoms with van der Waals surface area (Å²) >= 11 is 0. The van der Waals surface area contributed by atoms with Gasteiger partial charge in [0.2, 0.25) is 12.2 Å². The Morgan fingerprint density at radius 1 is 1.29 bits per heavy atom. The number of rotatable bonds is 10. The molecule has 2 atom stereocenters. The fourth-order valence-electron chi connectivity index (χ4n) is 3.84.